The fourth-order valence-corrected chi connectivity index (χ4v) is 4.06. The SMILES string of the molecule is COC(=O)Cn1nnnc1C(NC1CCC(N)CC1)c1ccc(-c2ccccc2)cc1. The fraction of sp³-hybridized carbons (Fsp3) is 0.391. The van der Waals surface area contributed by atoms with Gasteiger partial charge in [-0.15, -0.1) is 5.10 Å². The number of aromatic nitrogens is 4. The lowest BCUT2D eigenvalue weighted by molar-refractivity contribution is -0.141. The number of nitrogens with two attached hydrogens (primary N) is 1. The van der Waals surface area contributed by atoms with Gasteiger partial charge in [0, 0.05) is 12.1 Å². The van der Waals surface area contributed by atoms with E-state index in [2.05, 4.69) is 57.2 Å². The summed E-state index contributed by atoms with van der Waals surface area (Å²) in [5.41, 5.74) is 9.42. The number of rotatable bonds is 7. The molecule has 8 heteroatoms. The zero-order valence-corrected chi connectivity index (χ0v) is 17.6. The maximum absolute atomic E-state index is 11.8. The molecule has 1 saturated carbocycles. The van der Waals surface area contributed by atoms with E-state index in [-0.39, 0.29) is 18.6 Å². The normalized spacial score (nSPS) is 19.7. The first-order valence-corrected chi connectivity index (χ1v) is 10.6. The van der Waals surface area contributed by atoms with Crippen molar-refractivity contribution in [2.75, 3.05) is 7.11 Å². The zero-order valence-electron chi connectivity index (χ0n) is 17.6. The largest absolute Gasteiger partial charge is 0.468 e. The Labute approximate surface area is 181 Å². The van der Waals surface area contributed by atoms with Crippen LogP contribution in [0.4, 0.5) is 0 Å². The zero-order chi connectivity index (χ0) is 21.6. The summed E-state index contributed by atoms with van der Waals surface area (Å²) in [5, 5.41) is 15.8. The van der Waals surface area contributed by atoms with Gasteiger partial charge in [0.15, 0.2) is 5.82 Å². The molecule has 1 fully saturated rings. The van der Waals surface area contributed by atoms with E-state index in [1.165, 1.54) is 11.8 Å². The third-order valence-corrected chi connectivity index (χ3v) is 5.85. The standard InChI is InChI=1S/C23H28N6O2/c1-31-21(30)15-29-23(26-27-28-29)22(25-20-13-11-19(24)12-14-20)18-9-7-17(8-10-18)16-5-3-2-4-6-16/h2-10,19-20,22,25H,11-15,24H2,1H3. The molecule has 1 aliphatic carbocycles. The minimum absolute atomic E-state index is 0.0331. The predicted molar refractivity (Wildman–Crippen MR) is 117 cm³/mol. The van der Waals surface area contributed by atoms with Crippen LogP contribution in [-0.2, 0) is 16.1 Å². The molecule has 1 atom stereocenters. The van der Waals surface area contributed by atoms with Gasteiger partial charge in [-0.3, -0.25) is 4.79 Å². The van der Waals surface area contributed by atoms with Gasteiger partial charge in [-0.05, 0) is 52.8 Å². The van der Waals surface area contributed by atoms with Crippen LogP contribution in [0.25, 0.3) is 11.1 Å². The van der Waals surface area contributed by atoms with Crippen molar-refractivity contribution in [2.24, 2.45) is 5.73 Å². The molecule has 162 valence electrons. The van der Waals surface area contributed by atoms with Crippen LogP contribution in [0.3, 0.4) is 0 Å². The third-order valence-electron chi connectivity index (χ3n) is 5.85. The number of nitrogens with zero attached hydrogens (tertiary/aromatic N) is 4. The van der Waals surface area contributed by atoms with Crippen LogP contribution in [0.15, 0.2) is 54.6 Å². The molecule has 1 aliphatic rings. The number of hydrogen-bond donors (Lipinski definition) is 2. The summed E-state index contributed by atoms with van der Waals surface area (Å²) in [5.74, 6) is 0.197. The van der Waals surface area contributed by atoms with Gasteiger partial charge in [0.1, 0.15) is 6.54 Å². The number of nitrogens with one attached hydrogen (secondary N) is 1. The average Bonchev–Trinajstić information content (AvgIpc) is 3.27. The van der Waals surface area contributed by atoms with Gasteiger partial charge in [0.05, 0.1) is 13.2 Å². The summed E-state index contributed by atoms with van der Waals surface area (Å²) in [6.45, 7) is -0.0331. The molecule has 0 amide bonds. The lowest BCUT2D eigenvalue weighted by atomic mass is 9.90. The second kappa shape index (κ2) is 9.80. The van der Waals surface area contributed by atoms with Crippen molar-refractivity contribution in [3.8, 4) is 11.1 Å². The molecule has 0 saturated heterocycles. The number of benzene rings is 2. The minimum Gasteiger partial charge on any atom is -0.468 e. The number of esters is 1. The second-order valence-electron chi connectivity index (χ2n) is 7.97. The van der Waals surface area contributed by atoms with E-state index in [0.717, 1.165) is 42.4 Å². The van der Waals surface area contributed by atoms with E-state index in [9.17, 15) is 4.79 Å². The molecule has 1 heterocycles. The highest BCUT2D eigenvalue weighted by Gasteiger charge is 2.27. The predicted octanol–water partition coefficient (Wildman–Crippen LogP) is 2.46. The summed E-state index contributed by atoms with van der Waals surface area (Å²) < 4.78 is 6.30. The number of tetrazole rings is 1. The number of carbonyl (C=O) groups excluding carboxylic acids is 1. The molecular formula is C23H28N6O2. The molecular weight excluding hydrogens is 392 g/mol. The smallest absolute Gasteiger partial charge is 0.327 e. The first-order chi connectivity index (χ1) is 15.1. The number of carbonyl (C=O) groups is 1. The van der Waals surface area contributed by atoms with Crippen molar-refractivity contribution in [3.63, 3.8) is 0 Å². The van der Waals surface area contributed by atoms with Gasteiger partial charge in [0.25, 0.3) is 0 Å². The van der Waals surface area contributed by atoms with Gasteiger partial charge in [-0.2, -0.15) is 0 Å². The average molecular weight is 421 g/mol. The van der Waals surface area contributed by atoms with Crippen LogP contribution in [0.5, 0.6) is 0 Å². The van der Waals surface area contributed by atoms with Crippen LogP contribution in [-0.4, -0.2) is 45.4 Å². The minimum atomic E-state index is -0.393. The third kappa shape index (κ3) is 5.15. The topological polar surface area (TPSA) is 108 Å². The summed E-state index contributed by atoms with van der Waals surface area (Å²) >= 11 is 0. The van der Waals surface area contributed by atoms with Crippen LogP contribution >= 0.6 is 0 Å². The molecule has 0 bridgehead atoms. The highest BCUT2D eigenvalue weighted by atomic mass is 16.5. The number of methoxy groups -OCH3 is 1. The summed E-state index contributed by atoms with van der Waals surface area (Å²) in [6.07, 6.45) is 3.98. The molecule has 8 nitrogen and oxygen atoms in total. The molecule has 1 unspecified atom stereocenters. The Balaban J connectivity index is 1.63. The Morgan fingerprint density at radius 2 is 1.77 bits per heavy atom. The van der Waals surface area contributed by atoms with Crippen LogP contribution in [0.2, 0.25) is 0 Å². The van der Waals surface area contributed by atoms with Gasteiger partial charge in [-0.25, -0.2) is 4.68 Å². The van der Waals surface area contributed by atoms with Crippen molar-refractivity contribution in [1.82, 2.24) is 25.5 Å². The van der Waals surface area contributed by atoms with Crippen molar-refractivity contribution >= 4 is 5.97 Å². The molecule has 0 radical (unpaired) electrons. The first-order valence-electron chi connectivity index (χ1n) is 10.6. The molecule has 0 spiro atoms. The van der Waals surface area contributed by atoms with E-state index in [4.69, 9.17) is 10.5 Å². The molecule has 1 aromatic heterocycles. The maximum atomic E-state index is 11.8. The Bertz CT molecular complexity index is 981. The van der Waals surface area contributed by atoms with Crippen LogP contribution in [0, 0.1) is 0 Å². The summed E-state index contributed by atoms with van der Waals surface area (Å²) in [7, 11) is 1.36. The van der Waals surface area contributed by atoms with E-state index in [1.807, 2.05) is 18.2 Å². The van der Waals surface area contributed by atoms with Crippen molar-refractivity contribution < 1.29 is 9.53 Å². The Morgan fingerprint density at radius 1 is 1.10 bits per heavy atom. The van der Waals surface area contributed by atoms with Gasteiger partial charge in [-0.1, -0.05) is 54.6 Å². The first kappa shape index (κ1) is 21.1. The van der Waals surface area contributed by atoms with Crippen molar-refractivity contribution in [1.29, 1.82) is 0 Å². The molecule has 2 aromatic carbocycles. The van der Waals surface area contributed by atoms with Crippen LogP contribution in [0.1, 0.15) is 43.1 Å². The highest BCUT2D eigenvalue weighted by Crippen LogP contribution is 2.27. The molecule has 0 aliphatic heterocycles. The number of hydrogen-bond acceptors (Lipinski definition) is 7. The van der Waals surface area contributed by atoms with Crippen molar-refractivity contribution in [3.05, 3.63) is 66.0 Å². The van der Waals surface area contributed by atoms with E-state index < -0.39 is 5.97 Å². The number of ether oxygens (including phenoxy) is 1. The Morgan fingerprint density at radius 3 is 2.45 bits per heavy atom. The van der Waals surface area contributed by atoms with Crippen LogP contribution < -0.4 is 11.1 Å². The Hall–Kier alpha value is -3.10. The van der Waals surface area contributed by atoms with Gasteiger partial charge < -0.3 is 15.8 Å². The maximum Gasteiger partial charge on any atom is 0.327 e. The van der Waals surface area contributed by atoms with Gasteiger partial charge in [0.2, 0.25) is 0 Å². The van der Waals surface area contributed by atoms with Gasteiger partial charge >= 0.3 is 5.97 Å². The monoisotopic (exact) mass is 420 g/mol. The highest BCUT2D eigenvalue weighted by molar-refractivity contribution is 5.69. The van der Waals surface area contributed by atoms with E-state index in [1.54, 1.807) is 0 Å². The molecule has 31 heavy (non-hydrogen) atoms. The summed E-state index contributed by atoms with van der Waals surface area (Å²) in [6, 6.07) is 19.0. The second-order valence-corrected chi connectivity index (χ2v) is 7.97. The van der Waals surface area contributed by atoms with Crippen molar-refractivity contribution in [2.45, 2.75) is 50.4 Å². The quantitative estimate of drug-likeness (QED) is 0.565. The lowest BCUT2D eigenvalue weighted by Gasteiger charge is -2.30. The van der Waals surface area contributed by atoms with E-state index >= 15 is 0 Å². The lowest BCUT2D eigenvalue weighted by Crippen LogP contribution is -2.40. The van der Waals surface area contributed by atoms with E-state index in [0.29, 0.717) is 11.9 Å². The molecule has 4 rings (SSSR count). The fourth-order valence-electron chi connectivity index (χ4n) is 4.06. The summed E-state index contributed by atoms with van der Waals surface area (Å²) in [4.78, 5) is 11.8. The molecule has 3 N–H and O–H groups in total. The molecule has 3 aromatic rings. The Kier molecular flexibility index (Phi) is 6.69.